The molecule has 0 saturated carbocycles. The van der Waals surface area contributed by atoms with E-state index in [1.54, 1.807) is 0 Å². The summed E-state index contributed by atoms with van der Waals surface area (Å²) in [6.07, 6.45) is 3.88. The van der Waals surface area contributed by atoms with Crippen molar-refractivity contribution in [1.29, 1.82) is 0 Å². The van der Waals surface area contributed by atoms with E-state index in [-0.39, 0.29) is 5.41 Å². The van der Waals surface area contributed by atoms with Crippen molar-refractivity contribution in [2.45, 2.75) is 57.9 Å². The molecule has 21 heavy (non-hydrogen) atoms. The fourth-order valence-corrected chi connectivity index (χ4v) is 3.98. The highest BCUT2D eigenvalue weighted by Crippen LogP contribution is 2.29. The summed E-state index contributed by atoms with van der Waals surface area (Å²) in [4.78, 5) is 20.9. The second kappa shape index (κ2) is 5.55. The van der Waals surface area contributed by atoms with Crippen molar-refractivity contribution >= 4 is 22.6 Å². The van der Waals surface area contributed by atoms with Crippen LogP contribution in [0.25, 0.3) is 0 Å². The van der Waals surface area contributed by atoms with Crippen LogP contribution in [0.1, 0.15) is 52.3 Å². The van der Waals surface area contributed by atoms with Crippen LogP contribution in [0.4, 0.5) is 5.13 Å². The van der Waals surface area contributed by atoms with Gasteiger partial charge in [0.2, 0.25) is 11.0 Å². The van der Waals surface area contributed by atoms with Crippen LogP contribution in [0.5, 0.6) is 0 Å². The lowest BCUT2D eigenvalue weighted by atomic mass is 9.96. The molecule has 3 rings (SSSR count). The minimum atomic E-state index is 0.00897. The van der Waals surface area contributed by atoms with E-state index in [0.717, 1.165) is 56.3 Å². The number of aromatic nitrogens is 2. The highest BCUT2D eigenvalue weighted by atomic mass is 32.1. The summed E-state index contributed by atoms with van der Waals surface area (Å²) < 4.78 is 4.50. The van der Waals surface area contributed by atoms with Gasteiger partial charge in [0.25, 0.3) is 0 Å². The van der Waals surface area contributed by atoms with Crippen molar-refractivity contribution in [2.75, 3.05) is 24.5 Å². The first kappa shape index (κ1) is 14.8. The third kappa shape index (κ3) is 3.05. The molecule has 6 heteroatoms. The lowest BCUT2D eigenvalue weighted by molar-refractivity contribution is -0.130. The Morgan fingerprint density at radius 2 is 1.90 bits per heavy atom. The summed E-state index contributed by atoms with van der Waals surface area (Å²) >= 11 is 1.50. The van der Waals surface area contributed by atoms with Gasteiger partial charge in [0.15, 0.2) is 0 Å². The molecule has 1 aromatic rings. The molecule has 2 fully saturated rings. The van der Waals surface area contributed by atoms with Gasteiger partial charge >= 0.3 is 0 Å². The van der Waals surface area contributed by atoms with E-state index in [9.17, 15) is 4.79 Å². The molecule has 0 radical (unpaired) electrons. The maximum absolute atomic E-state index is 11.8. The maximum Gasteiger partial charge on any atom is 0.222 e. The standard InChI is InChI=1S/C15H24N4OS/c1-15(2,3)13-16-14(21-17-13)18-9-6-11(7-10-18)19-8-4-5-12(19)20/h11H,4-10H2,1-3H3. The minimum absolute atomic E-state index is 0.00897. The van der Waals surface area contributed by atoms with Crippen LogP contribution < -0.4 is 4.90 Å². The first-order valence-electron chi connectivity index (χ1n) is 7.84. The molecule has 1 amide bonds. The first-order valence-corrected chi connectivity index (χ1v) is 8.61. The number of piperidine rings is 1. The van der Waals surface area contributed by atoms with Crippen LogP contribution in [-0.2, 0) is 10.2 Å². The number of anilines is 1. The summed E-state index contributed by atoms with van der Waals surface area (Å²) in [5.41, 5.74) is 0.00897. The van der Waals surface area contributed by atoms with Gasteiger partial charge in [-0.25, -0.2) is 4.98 Å². The fraction of sp³-hybridized carbons (Fsp3) is 0.800. The molecular formula is C15H24N4OS. The van der Waals surface area contributed by atoms with Crippen LogP contribution in [-0.4, -0.2) is 45.8 Å². The van der Waals surface area contributed by atoms with Gasteiger partial charge in [-0.1, -0.05) is 20.8 Å². The molecule has 1 aromatic heterocycles. The Hall–Kier alpha value is -1.17. The van der Waals surface area contributed by atoms with Crippen LogP contribution in [0.2, 0.25) is 0 Å². The lowest BCUT2D eigenvalue weighted by Gasteiger charge is -2.36. The van der Waals surface area contributed by atoms with E-state index in [1.165, 1.54) is 11.5 Å². The summed E-state index contributed by atoms with van der Waals surface area (Å²) in [6.45, 7) is 9.34. The minimum Gasteiger partial charge on any atom is -0.347 e. The van der Waals surface area contributed by atoms with Gasteiger partial charge < -0.3 is 9.80 Å². The van der Waals surface area contributed by atoms with E-state index in [0.29, 0.717) is 11.9 Å². The Kier molecular flexibility index (Phi) is 3.90. The Morgan fingerprint density at radius 1 is 1.19 bits per heavy atom. The van der Waals surface area contributed by atoms with Crippen LogP contribution in [0.3, 0.4) is 0 Å². The average molecular weight is 308 g/mol. The summed E-state index contributed by atoms with van der Waals surface area (Å²) in [7, 11) is 0. The van der Waals surface area contributed by atoms with Crippen LogP contribution >= 0.6 is 11.5 Å². The Labute approximate surface area is 130 Å². The smallest absolute Gasteiger partial charge is 0.222 e. The molecule has 5 nitrogen and oxygen atoms in total. The molecular weight excluding hydrogens is 284 g/mol. The van der Waals surface area contributed by atoms with E-state index in [2.05, 4.69) is 34.9 Å². The molecule has 0 atom stereocenters. The molecule has 0 spiro atoms. The van der Waals surface area contributed by atoms with Gasteiger partial charge in [0.05, 0.1) is 0 Å². The first-order chi connectivity index (χ1) is 9.95. The van der Waals surface area contributed by atoms with Crippen molar-refractivity contribution in [2.24, 2.45) is 0 Å². The van der Waals surface area contributed by atoms with E-state index >= 15 is 0 Å². The molecule has 0 unspecified atom stereocenters. The number of hydrogen-bond donors (Lipinski definition) is 0. The Bertz CT molecular complexity index is 514. The third-order valence-electron chi connectivity index (χ3n) is 4.37. The van der Waals surface area contributed by atoms with Gasteiger partial charge in [0, 0.05) is 49.0 Å². The second-order valence-electron chi connectivity index (χ2n) is 7.06. The predicted molar refractivity (Wildman–Crippen MR) is 84.8 cm³/mol. The normalized spacial score (nSPS) is 21.4. The maximum atomic E-state index is 11.8. The average Bonchev–Trinajstić information content (AvgIpc) is 3.07. The van der Waals surface area contributed by atoms with Crippen molar-refractivity contribution in [1.82, 2.24) is 14.3 Å². The third-order valence-corrected chi connectivity index (χ3v) is 5.15. The summed E-state index contributed by atoms with van der Waals surface area (Å²) in [5.74, 6) is 1.28. The quantitative estimate of drug-likeness (QED) is 0.842. The van der Waals surface area contributed by atoms with E-state index in [1.807, 2.05) is 0 Å². The molecule has 0 aromatic carbocycles. The topological polar surface area (TPSA) is 49.3 Å². The van der Waals surface area contributed by atoms with E-state index < -0.39 is 0 Å². The second-order valence-corrected chi connectivity index (χ2v) is 7.79. The predicted octanol–water partition coefficient (Wildman–Crippen LogP) is 2.43. The van der Waals surface area contributed by atoms with Gasteiger partial charge in [-0.2, -0.15) is 4.37 Å². The van der Waals surface area contributed by atoms with Gasteiger partial charge in [-0.15, -0.1) is 0 Å². The molecule has 0 aliphatic carbocycles. The van der Waals surface area contributed by atoms with E-state index in [4.69, 9.17) is 4.98 Å². The van der Waals surface area contributed by atoms with Crippen LogP contribution in [0, 0.1) is 0 Å². The zero-order valence-corrected chi connectivity index (χ0v) is 13.9. The van der Waals surface area contributed by atoms with Crippen molar-refractivity contribution in [3.63, 3.8) is 0 Å². The van der Waals surface area contributed by atoms with Gasteiger partial charge in [-0.05, 0) is 19.3 Å². The summed E-state index contributed by atoms with van der Waals surface area (Å²) in [5, 5.41) is 1.03. The van der Waals surface area contributed by atoms with Crippen LogP contribution in [0.15, 0.2) is 0 Å². The molecule has 2 saturated heterocycles. The largest absolute Gasteiger partial charge is 0.347 e. The SMILES string of the molecule is CC(C)(C)c1nsc(N2CCC(N3CCCC3=O)CC2)n1. The Balaban J connectivity index is 1.61. The number of likely N-dealkylation sites (tertiary alicyclic amines) is 1. The fourth-order valence-electron chi connectivity index (χ4n) is 3.07. The van der Waals surface area contributed by atoms with Gasteiger partial charge in [0.1, 0.15) is 5.82 Å². The molecule has 2 aliphatic rings. The Morgan fingerprint density at radius 3 is 2.43 bits per heavy atom. The number of carbonyl (C=O) groups is 1. The monoisotopic (exact) mass is 308 g/mol. The highest BCUT2D eigenvalue weighted by Gasteiger charge is 2.31. The molecule has 0 bridgehead atoms. The highest BCUT2D eigenvalue weighted by molar-refractivity contribution is 7.09. The molecule has 2 aliphatic heterocycles. The van der Waals surface area contributed by atoms with Gasteiger partial charge in [-0.3, -0.25) is 4.79 Å². The number of rotatable bonds is 2. The van der Waals surface area contributed by atoms with Crippen molar-refractivity contribution < 1.29 is 4.79 Å². The number of hydrogen-bond acceptors (Lipinski definition) is 5. The number of carbonyl (C=O) groups excluding carboxylic acids is 1. The molecule has 3 heterocycles. The van der Waals surface area contributed by atoms with Crippen molar-refractivity contribution in [3.05, 3.63) is 5.82 Å². The zero-order valence-electron chi connectivity index (χ0n) is 13.1. The zero-order chi connectivity index (χ0) is 15.0. The van der Waals surface area contributed by atoms with Crippen molar-refractivity contribution in [3.8, 4) is 0 Å². The molecule has 0 N–H and O–H groups in total. The number of amides is 1. The molecule has 116 valence electrons. The number of nitrogens with zero attached hydrogens (tertiary/aromatic N) is 4. The lowest BCUT2D eigenvalue weighted by Crippen LogP contribution is -2.45. The summed E-state index contributed by atoms with van der Waals surface area (Å²) in [6, 6.07) is 0.436.